The van der Waals surface area contributed by atoms with Crippen molar-refractivity contribution in [3.05, 3.63) is 46.2 Å². The molecule has 0 fully saturated rings. The Balaban J connectivity index is 2.04. The molecular formula is C20H29N3O2S. The highest BCUT2D eigenvalue weighted by Crippen LogP contribution is 2.28. The summed E-state index contributed by atoms with van der Waals surface area (Å²) in [6, 6.07) is 10.1. The van der Waals surface area contributed by atoms with E-state index in [2.05, 4.69) is 48.9 Å². The van der Waals surface area contributed by atoms with E-state index in [0.717, 1.165) is 36.1 Å². The third kappa shape index (κ3) is 5.39. The molecule has 142 valence electrons. The molecule has 0 aliphatic rings. The van der Waals surface area contributed by atoms with Gasteiger partial charge in [0.2, 0.25) is 0 Å². The SMILES string of the molecule is CCNC(=NCc1ccc(OC)c(OC)c1)NCC(C)(C)c1cccs1. The summed E-state index contributed by atoms with van der Waals surface area (Å²) >= 11 is 1.79. The average Bonchev–Trinajstić information content (AvgIpc) is 3.19. The fourth-order valence-corrected chi connectivity index (χ4v) is 3.40. The Hall–Kier alpha value is -2.21. The number of aliphatic imine (C=N–C) groups is 1. The predicted octanol–water partition coefficient (Wildman–Crippen LogP) is 3.80. The molecule has 0 aliphatic carbocycles. The van der Waals surface area contributed by atoms with Crippen LogP contribution >= 0.6 is 11.3 Å². The van der Waals surface area contributed by atoms with Crippen LogP contribution in [-0.2, 0) is 12.0 Å². The number of rotatable bonds is 8. The van der Waals surface area contributed by atoms with Crippen LogP contribution in [0.1, 0.15) is 31.2 Å². The summed E-state index contributed by atoms with van der Waals surface area (Å²) in [6.45, 7) is 8.74. The standard InChI is InChI=1S/C20H29N3O2S/c1-6-21-19(23-14-20(2,3)18-8-7-11-26-18)22-13-15-9-10-16(24-4)17(12-15)25-5/h7-12H,6,13-14H2,1-5H3,(H2,21,22,23). The van der Waals surface area contributed by atoms with Gasteiger partial charge in [0.1, 0.15) is 0 Å². The Morgan fingerprint density at radius 1 is 1.12 bits per heavy atom. The zero-order valence-corrected chi connectivity index (χ0v) is 17.1. The van der Waals surface area contributed by atoms with Crippen LogP contribution < -0.4 is 20.1 Å². The van der Waals surface area contributed by atoms with Crippen molar-refractivity contribution in [2.24, 2.45) is 4.99 Å². The maximum absolute atomic E-state index is 5.36. The highest BCUT2D eigenvalue weighted by Gasteiger charge is 2.21. The van der Waals surface area contributed by atoms with Gasteiger partial charge in [-0.1, -0.05) is 26.0 Å². The predicted molar refractivity (Wildman–Crippen MR) is 110 cm³/mol. The number of nitrogens with one attached hydrogen (secondary N) is 2. The summed E-state index contributed by atoms with van der Waals surface area (Å²) in [5.41, 5.74) is 1.12. The van der Waals surface area contributed by atoms with E-state index >= 15 is 0 Å². The zero-order chi connectivity index (χ0) is 19.0. The molecule has 0 aliphatic heterocycles. The molecule has 1 aromatic carbocycles. The van der Waals surface area contributed by atoms with E-state index in [1.54, 1.807) is 25.6 Å². The molecule has 26 heavy (non-hydrogen) atoms. The lowest BCUT2D eigenvalue weighted by atomic mass is 9.91. The molecule has 1 aromatic heterocycles. The van der Waals surface area contributed by atoms with Crippen molar-refractivity contribution in [2.75, 3.05) is 27.3 Å². The van der Waals surface area contributed by atoms with Crippen LogP contribution in [0, 0.1) is 0 Å². The van der Waals surface area contributed by atoms with Gasteiger partial charge in [0.05, 0.1) is 20.8 Å². The molecule has 0 radical (unpaired) electrons. The second-order valence-electron chi connectivity index (χ2n) is 6.60. The van der Waals surface area contributed by atoms with Crippen molar-refractivity contribution in [3.8, 4) is 11.5 Å². The Morgan fingerprint density at radius 2 is 1.88 bits per heavy atom. The summed E-state index contributed by atoms with van der Waals surface area (Å²) < 4.78 is 10.6. The Bertz CT molecular complexity index is 712. The average molecular weight is 376 g/mol. The van der Waals surface area contributed by atoms with Crippen LogP contribution in [0.5, 0.6) is 11.5 Å². The number of hydrogen-bond donors (Lipinski definition) is 2. The van der Waals surface area contributed by atoms with E-state index < -0.39 is 0 Å². The third-order valence-electron chi connectivity index (χ3n) is 4.10. The number of methoxy groups -OCH3 is 2. The summed E-state index contributed by atoms with van der Waals surface area (Å²) in [7, 11) is 3.28. The highest BCUT2D eigenvalue weighted by molar-refractivity contribution is 7.10. The van der Waals surface area contributed by atoms with Crippen molar-refractivity contribution >= 4 is 17.3 Å². The molecule has 6 heteroatoms. The van der Waals surface area contributed by atoms with E-state index in [1.165, 1.54) is 4.88 Å². The fourth-order valence-electron chi connectivity index (χ4n) is 2.55. The van der Waals surface area contributed by atoms with E-state index in [1.807, 2.05) is 18.2 Å². The highest BCUT2D eigenvalue weighted by atomic mass is 32.1. The lowest BCUT2D eigenvalue weighted by Gasteiger charge is -2.25. The maximum Gasteiger partial charge on any atom is 0.191 e. The van der Waals surface area contributed by atoms with Gasteiger partial charge in [0.25, 0.3) is 0 Å². The van der Waals surface area contributed by atoms with Crippen LogP contribution in [-0.4, -0.2) is 33.3 Å². The second kappa shape index (κ2) is 9.48. The molecule has 0 saturated carbocycles. The van der Waals surface area contributed by atoms with Crippen LogP contribution in [0.25, 0.3) is 0 Å². The first-order chi connectivity index (χ1) is 12.5. The molecule has 0 bridgehead atoms. The van der Waals surface area contributed by atoms with Gasteiger partial charge in [0, 0.05) is 23.4 Å². The van der Waals surface area contributed by atoms with Crippen molar-refractivity contribution < 1.29 is 9.47 Å². The van der Waals surface area contributed by atoms with Gasteiger partial charge >= 0.3 is 0 Å². The number of guanidine groups is 1. The summed E-state index contributed by atoms with van der Waals surface area (Å²) in [4.78, 5) is 6.06. The summed E-state index contributed by atoms with van der Waals surface area (Å²) in [5, 5.41) is 8.89. The number of hydrogen-bond acceptors (Lipinski definition) is 4. The minimum absolute atomic E-state index is 0.0493. The monoisotopic (exact) mass is 375 g/mol. The molecule has 2 aromatic rings. The molecule has 2 rings (SSSR count). The number of nitrogens with zero attached hydrogens (tertiary/aromatic N) is 1. The number of thiophene rings is 1. The largest absolute Gasteiger partial charge is 0.493 e. The molecule has 0 saturated heterocycles. The van der Waals surface area contributed by atoms with Gasteiger partial charge < -0.3 is 20.1 Å². The molecule has 2 N–H and O–H groups in total. The van der Waals surface area contributed by atoms with Gasteiger partial charge in [-0.3, -0.25) is 0 Å². The topological polar surface area (TPSA) is 54.9 Å². The van der Waals surface area contributed by atoms with Crippen LogP contribution in [0.2, 0.25) is 0 Å². The first-order valence-electron chi connectivity index (χ1n) is 8.77. The molecule has 1 heterocycles. The Kier molecular flexibility index (Phi) is 7.33. The first kappa shape index (κ1) is 20.1. The summed E-state index contributed by atoms with van der Waals surface area (Å²) in [6.07, 6.45) is 0. The van der Waals surface area contributed by atoms with Crippen molar-refractivity contribution in [1.82, 2.24) is 10.6 Å². The minimum Gasteiger partial charge on any atom is -0.493 e. The number of ether oxygens (including phenoxy) is 2. The van der Waals surface area contributed by atoms with Crippen LogP contribution in [0.3, 0.4) is 0 Å². The minimum atomic E-state index is 0.0493. The molecule has 5 nitrogen and oxygen atoms in total. The van der Waals surface area contributed by atoms with E-state index in [0.29, 0.717) is 6.54 Å². The van der Waals surface area contributed by atoms with Gasteiger partial charge in [0.15, 0.2) is 17.5 Å². The first-order valence-corrected chi connectivity index (χ1v) is 9.65. The fraction of sp³-hybridized carbons (Fsp3) is 0.450. The molecule has 0 atom stereocenters. The van der Waals surface area contributed by atoms with Crippen LogP contribution in [0.4, 0.5) is 0 Å². The molecule has 0 amide bonds. The maximum atomic E-state index is 5.36. The molecule has 0 unspecified atom stereocenters. The van der Waals surface area contributed by atoms with Gasteiger partial charge in [-0.05, 0) is 36.1 Å². The second-order valence-corrected chi connectivity index (χ2v) is 7.55. The summed E-state index contributed by atoms with van der Waals surface area (Å²) in [5.74, 6) is 2.26. The van der Waals surface area contributed by atoms with Gasteiger partial charge in [-0.25, -0.2) is 4.99 Å². The molecule has 0 spiro atoms. The Labute approximate surface area is 160 Å². The Morgan fingerprint density at radius 3 is 2.50 bits per heavy atom. The third-order valence-corrected chi connectivity index (χ3v) is 5.33. The molecular weight excluding hydrogens is 346 g/mol. The zero-order valence-electron chi connectivity index (χ0n) is 16.3. The van der Waals surface area contributed by atoms with Crippen molar-refractivity contribution in [2.45, 2.75) is 32.7 Å². The lowest BCUT2D eigenvalue weighted by Crippen LogP contribution is -2.43. The normalized spacial score (nSPS) is 12.0. The number of benzene rings is 1. The van der Waals surface area contributed by atoms with E-state index in [4.69, 9.17) is 14.5 Å². The van der Waals surface area contributed by atoms with E-state index in [-0.39, 0.29) is 5.41 Å². The lowest BCUT2D eigenvalue weighted by molar-refractivity contribution is 0.354. The smallest absolute Gasteiger partial charge is 0.191 e. The van der Waals surface area contributed by atoms with Gasteiger partial charge in [-0.15, -0.1) is 11.3 Å². The quantitative estimate of drug-likeness (QED) is 0.544. The van der Waals surface area contributed by atoms with Crippen LogP contribution in [0.15, 0.2) is 40.7 Å². The van der Waals surface area contributed by atoms with Gasteiger partial charge in [-0.2, -0.15) is 0 Å². The van der Waals surface area contributed by atoms with Crippen molar-refractivity contribution in [1.29, 1.82) is 0 Å². The van der Waals surface area contributed by atoms with Crippen molar-refractivity contribution in [3.63, 3.8) is 0 Å². The van der Waals surface area contributed by atoms with E-state index in [9.17, 15) is 0 Å².